The van der Waals surface area contributed by atoms with Gasteiger partial charge in [-0.15, -0.1) is 0 Å². The van der Waals surface area contributed by atoms with E-state index in [1.807, 2.05) is 0 Å². The molecule has 2 heterocycles. The van der Waals surface area contributed by atoms with Crippen LogP contribution in [-0.4, -0.2) is 6.71 Å². The van der Waals surface area contributed by atoms with Crippen molar-refractivity contribution in [3.8, 4) is 44.5 Å². The van der Waals surface area contributed by atoms with E-state index >= 15 is 0 Å². The van der Waals surface area contributed by atoms with E-state index in [0.29, 0.717) is 0 Å². The first-order valence-corrected chi connectivity index (χ1v) is 20.1. The smallest absolute Gasteiger partial charge is 0.252 e. The summed E-state index contributed by atoms with van der Waals surface area (Å²) < 4.78 is 0. The number of hydrogen-bond donors (Lipinski definition) is 0. The second kappa shape index (κ2) is 14.0. The van der Waals surface area contributed by atoms with E-state index in [4.69, 9.17) is 0 Å². The van der Waals surface area contributed by atoms with Gasteiger partial charge in [0.1, 0.15) is 0 Å². The summed E-state index contributed by atoms with van der Waals surface area (Å²) in [6, 6.07) is 80.1. The van der Waals surface area contributed by atoms with Gasteiger partial charge in [-0.2, -0.15) is 0 Å². The minimum Gasteiger partial charge on any atom is -0.311 e. The van der Waals surface area contributed by atoms with Crippen LogP contribution < -0.4 is 26.2 Å². The van der Waals surface area contributed by atoms with Crippen LogP contribution in [0.25, 0.3) is 44.5 Å². The fourth-order valence-corrected chi connectivity index (χ4v) is 9.26. The molecule has 0 unspecified atom stereocenters. The number of para-hydroxylation sites is 1. The van der Waals surface area contributed by atoms with Crippen molar-refractivity contribution in [1.29, 1.82) is 0 Å². The van der Waals surface area contributed by atoms with Crippen LogP contribution in [0.1, 0.15) is 5.56 Å². The second-order valence-electron chi connectivity index (χ2n) is 15.4. The van der Waals surface area contributed by atoms with Gasteiger partial charge < -0.3 is 9.80 Å². The molecule has 58 heavy (non-hydrogen) atoms. The molecule has 0 atom stereocenters. The molecule has 0 fully saturated rings. The molecule has 0 bridgehead atoms. The predicted octanol–water partition coefficient (Wildman–Crippen LogP) is 12.7. The molecule has 0 aromatic heterocycles. The Bertz CT molecular complexity index is 2940. The summed E-state index contributed by atoms with van der Waals surface area (Å²) in [5.41, 5.74) is 21.9. The molecule has 0 aliphatic carbocycles. The Morgan fingerprint density at radius 3 is 1.28 bits per heavy atom. The number of hydrogen-bond acceptors (Lipinski definition) is 2. The Morgan fingerprint density at radius 2 is 0.724 bits per heavy atom. The molecule has 2 aliphatic rings. The third kappa shape index (κ3) is 5.66. The van der Waals surface area contributed by atoms with Crippen LogP contribution >= 0.6 is 0 Å². The summed E-state index contributed by atoms with van der Waals surface area (Å²) in [6.07, 6.45) is 0. The van der Waals surface area contributed by atoms with Crippen LogP contribution in [0, 0.1) is 6.92 Å². The third-order valence-electron chi connectivity index (χ3n) is 11.9. The Kier molecular flexibility index (Phi) is 8.18. The van der Waals surface area contributed by atoms with E-state index in [2.05, 4.69) is 235 Å². The molecule has 272 valence electrons. The van der Waals surface area contributed by atoms with Gasteiger partial charge in [-0.05, 0) is 110 Å². The van der Waals surface area contributed by atoms with E-state index in [1.54, 1.807) is 0 Å². The lowest BCUT2D eigenvalue weighted by Crippen LogP contribution is -2.61. The van der Waals surface area contributed by atoms with Crippen molar-refractivity contribution in [2.75, 3.05) is 9.80 Å². The monoisotopic (exact) mass is 738 g/mol. The zero-order valence-electron chi connectivity index (χ0n) is 32.3. The molecule has 0 spiro atoms. The Labute approximate surface area is 341 Å². The van der Waals surface area contributed by atoms with E-state index in [1.165, 1.54) is 89.2 Å². The van der Waals surface area contributed by atoms with E-state index in [0.717, 1.165) is 11.4 Å². The van der Waals surface area contributed by atoms with Crippen molar-refractivity contribution in [2.24, 2.45) is 0 Å². The van der Waals surface area contributed by atoms with Gasteiger partial charge in [0.2, 0.25) is 0 Å². The van der Waals surface area contributed by atoms with Gasteiger partial charge in [-0.1, -0.05) is 176 Å². The molecular weight excluding hydrogens is 699 g/mol. The quantitative estimate of drug-likeness (QED) is 0.157. The van der Waals surface area contributed by atoms with Crippen molar-refractivity contribution in [3.63, 3.8) is 0 Å². The average Bonchev–Trinajstić information content (AvgIpc) is 3.30. The highest BCUT2D eigenvalue weighted by Crippen LogP contribution is 2.47. The number of rotatable bonds is 6. The van der Waals surface area contributed by atoms with Gasteiger partial charge in [-0.25, -0.2) is 0 Å². The van der Waals surface area contributed by atoms with E-state index < -0.39 is 0 Å². The molecule has 3 heteroatoms. The normalized spacial score (nSPS) is 12.5. The minimum absolute atomic E-state index is 0.0112. The van der Waals surface area contributed by atoms with Gasteiger partial charge in [-0.3, -0.25) is 0 Å². The van der Waals surface area contributed by atoms with Crippen LogP contribution in [0.15, 0.2) is 218 Å². The van der Waals surface area contributed by atoms with Gasteiger partial charge in [0.05, 0.1) is 5.69 Å². The summed E-state index contributed by atoms with van der Waals surface area (Å²) in [7, 11) is 0. The molecule has 9 aromatic carbocycles. The SMILES string of the molecule is Cc1cc2c3c(c1)N(c1ccccc1-c1ccccc1)c1ccc(-c4ccccc4)cc1B3c1cc(-c3ccccc3)ccc1N2c1ccc(-c2ccccc2)cc1. The van der Waals surface area contributed by atoms with E-state index in [9.17, 15) is 0 Å². The highest BCUT2D eigenvalue weighted by atomic mass is 15.2. The fraction of sp³-hybridized carbons (Fsp3) is 0.0182. The molecular formula is C55H39BN2. The molecule has 0 amide bonds. The summed E-state index contributed by atoms with van der Waals surface area (Å²) in [5.74, 6) is 0. The summed E-state index contributed by atoms with van der Waals surface area (Å²) in [6.45, 7) is 2.23. The van der Waals surface area contributed by atoms with Crippen molar-refractivity contribution in [3.05, 3.63) is 224 Å². The Hall–Kier alpha value is -7.36. The number of aryl methyl sites for hydroxylation is 1. The highest BCUT2D eigenvalue weighted by molar-refractivity contribution is 7.00. The third-order valence-corrected chi connectivity index (χ3v) is 11.9. The summed E-state index contributed by atoms with van der Waals surface area (Å²) >= 11 is 0. The van der Waals surface area contributed by atoms with Crippen molar-refractivity contribution in [2.45, 2.75) is 6.92 Å². The molecule has 2 nitrogen and oxygen atoms in total. The molecule has 0 radical (unpaired) electrons. The first kappa shape index (κ1) is 33.9. The maximum absolute atomic E-state index is 2.54. The molecule has 2 aliphatic heterocycles. The lowest BCUT2D eigenvalue weighted by molar-refractivity contribution is 1.24. The lowest BCUT2D eigenvalue weighted by Gasteiger charge is -2.45. The van der Waals surface area contributed by atoms with E-state index in [-0.39, 0.29) is 6.71 Å². The van der Waals surface area contributed by atoms with Crippen molar-refractivity contribution in [1.82, 2.24) is 0 Å². The van der Waals surface area contributed by atoms with Crippen molar-refractivity contribution < 1.29 is 0 Å². The number of anilines is 6. The highest BCUT2D eigenvalue weighted by Gasteiger charge is 2.44. The molecule has 0 saturated carbocycles. The first-order valence-electron chi connectivity index (χ1n) is 20.1. The Balaban J connectivity index is 1.21. The molecule has 0 N–H and O–H groups in total. The fourth-order valence-electron chi connectivity index (χ4n) is 9.26. The Morgan fingerprint density at radius 1 is 0.310 bits per heavy atom. The van der Waals surface area contributed by atoms with Gasteiger partial charge >= 0.3 is 0 Å². The van der Waals surface area contributed by atoms with Crippen LogP contribution in [0.4, 0.5) is 34.1 Å². The van der Waals surface area contributed by atoms with Crippen LogP contribution in [-0.2, 0) is 0 Å². The minimum atomic E-state index is -0.0112. The number of nitrogens with zero attached hydrogens (tertiary/aromatic N) is 2. The summed E-state index contributed by atoms with van der Waals surface area (Å²) in [4.78, 5) is 5.05. The van der Waals surface area contributed by atoms with Gasteiger partial charge in [0.25, 0.3) is 6.71 Å². The largest absolute Gasteiger partial charge is 0.311 e. The summed E-state index contributed by atoms with van der Waals surface area (Å²) in [5, 5.41) is 0. The molecule has 9 aromatic rings. The first-order chi connectivity index (χ1) is 28.7. The van der Waals surface area contributed by atoms with Crippen LogP contribution in [0.2, 0.25) is 0 Å². The van der Waals surface area contributed by atoms with Crippen molar-refractivity contribution >= 4 is 57.2 Å². The molecule has 0 saturated heterocycles. The topological polar surface area (TPSA) is 6.48 Å². The standard InChI is InChI=1S/C55H39BN2/c1-38-34-53-55-54(35-38)58(50-25-15-14-24-47(50)43-22-12-5-13-23-43)52-33-29-45(41-20-10-4-11-21-41)37-49(52)56(55)48-36-44(40-18-8-3-9-19-40)28-32-51(48)57(53)46-30-26-42(27-31-46)39-16-6-2-7-17-39/h2-37H,1H3. The number of benzene rings is 9. The lowest BCUT2D eigenvalue weighted by atomic mass is 9.33. The average molecular weight is 739 g/mol. The molecule has 11 rings (SSSR count). The zero-order valence-corrected chi connectivity index (χ0v) is 32.3. The number of fused-ring (bicyclic) bond motifs is 4. The predicted molar refractivity (Wildman–Crippen MR) is 247 cm³/mol. The second-order valence-corrected chi connectivity index (χ2v) is 15.4. The van der Waals surface area contributed by atoms with Crippen LogP contribution in [0.3, 0.4) is 0 Å². The zero-order chi connectivity index (χ0) is 38.6. The van der Waals surface area contributed by atoms with Gasteiger partial charge in [0.15, 0.2) is 0 Å². The van der Waals surface area contributed by atoms with Crippen LogP contribution in [0.5, 0.6) is 0 Å². The maximum atomic E-state index is 2.54. The maximum Gasteiger partial charge on any atom is 0.252 e. The van der Waals surface area contributed by atoms with Gasteiger partial charge in [0, 0.05) is 34.0 Å².